The van der Waals surface area contributed by atoms with E-state index < -0.39 is 0 Å². The Morgan fingerprint density at radius 2 is 2.27 bits per heavy atom. The molecular formula is C12H16ClNO. The fourth-order valence-corrected chi connectivity index (χ4v) is 1.51. The zero-order chi connectivity index (χ0) is 11.3. The van der Waals surface area contributed by atoms with Crippen LogP contribution in [0.5, 0.6) is 5.75 Å². The van der Waals surface area contributed by atoms with Crippen molar-refractivity contribution in [1.82, 2.24) is 0 Å². The number of halogens is 1. The predicted molar refractivity (Wildman–Crippen MR) is 64.5 cm³/mol. The van der Waals surface area contributed by atoms with Gasteiger partial charge in [-0.2, -0.15) is 0 Å². The summed E-state index contributed by atoms with van der Waals surface area (Å²) in [6.45, 7) is 6.77. The van der Waals surface area contributed by atoms with Crippen molar-refractivity contribution in [3.63, 3.8) is 0 Å². The molecule has 0 bridgehead atoms. The highest BCUT2D eigenvalue weighted by molar-refractivity contribution is 6.32. The molecule has 1 aromatic rings. The Hall–Kier alpha value is -0.990. The monoisotopic (exact) mass is 225 g/mol. The molecule has 0 heterocycles. The third-order valence-corrected chi connectivity index (χ3v) is 2.22. The molecule has 0 saturated carbocycles. The highest BCUT2D eigenvalue weighted by Gasteiger charge is 2.07. The Bertz CT molecular complexity index is 349. The summed E-state index contributed by atoms with van der Waals surface area (Å²) in [5.74, 6) is 0.729. The van der Waals surface area contributed by atoms with Gasteiger partial charge in [0.05, 0.1) is 5.02 Å². The van der Waals surface area contributed by atoms with E-state index in [2.05, 4.69) is 6.58 Å². The molecular weight excluding hydrogens is 210 g/mol. The van der Waals surface area contributed by atoms with Gasteiger partial charge >= 0.3 is 0 Å². The SMILES string of the molecule is C=C(C)COc1c(Cl)cccc1CCN. The van der Waals surface area contributed by atoms with E-state index in [1.54, 1.807) is 0 Å². The standard InChI is InChI=1S/C12H16ClNO/c1-9(2)8-15-12-10(6-7-14)4-3-5-11(12)13/h3-5H,1,6-8,14H2,2H3. The van der Waals surface area contributed by atoms with Crippen molar-refractivity contribution in [1.29, 1.82) is 0 Å². The second-order valence-corrected chi connectivity index (χ2v) is 3.92. The van der Waals surface area contributed by atoms with Gasteiger partial charge in [-0.3, -0.25) is 0 Å². The number of para-hydroxylation sites is 1. The molecule has 0 atom stereocenters. The lowest BCUT2D eigenvalue weighted by Crippen LogP contribution is -2.06. The van der Waals surface area contributed by atoms with Crippen molar-refractivity contribution < 1.29 is 4.74 Å². The van der Waals surface area contributed by atoms with Crippen LogP contribution in [0.15, 0.2) is 30.4 Å². The minimum Gasteiger partial charge on any atom is -0.487 e. The summed E-state index contributed by atoms with van der Waals surface area (Å²) in [7, 11) is 0. The molecule has 0 aliphatic carbocycles. The molecule has 1 aromatic carbocycles. The summed E-state index contributed by atoms with van der Waals surface area (Å²) in [5.41, 5.74) is 7.53. The molecule has 82 valence electrons. The molecule has 0 unspecified atom stereocenters. The first-order chi connectivity index (χ1) is 7.15. The van der Waals surface area contributed by atoms with Gasteiger partial charge < -0.3 is 10.5 Å². The first kappa shape index (κ1) is 12.1. The Balaban J connectivity index is 2.86. The number of rotatable bonds is 5. The summed E-state index contributed by atoms with van der Waals surface area (Å²) in [5, 5.41) is 0.627. The van der Waals surface area contributed by atoms with E-state index in [-0.39, 0.29) is 0 Å². The Morgan fingerprint density at radius 1 is 1.53 bits per heavy atom. The highest BCUT2D eigenvalue weighted by Crippen LogP contribution is 2.29. The molecule has 0 aliphatic rings. The van der Waals surface area contributed by atoms with Crippen LogP contribution in [-0.4, -0.2) is 13.2 Å². The van der Waals surface area contributed by atoms with Gasteiger partial charge in [0.1, 0.15) is 12.4 Å². The van der Waals surface area contributed by atoms with Gasteiger partial charge in [0.15, 0.2) is 0 Å². The van der Waals surface area contributed by atoms with Crippen LogP contribution in [0.1, 0.15) is 12.5 Å². The van der Waals surface area contributed by atoms with Crippen LogP contribution >= 0.6 is 11.6 Å². The Labute approximate surface area is 95.7 Å². The average Bonchev–Trinajstić information content (AvgIpc) is 2.17. The van der Waals surface area contributed by atoms with Crippen LogP contribution in [-0.2, 0) is 6.42 Å². The topological polar surface area (TPSA) is 35.2 Å². The van der Waals surface area contributed by atoms with Gasteiger partial charge in [-0.25, -0.2) is 0 Å². The van der Waals surface area contributed by atoms with Gasteiger partial charge in [0.2, 0.25) is 0 Å². The van der Waals surface area contributed by atoms with Crippen molar-refractivity contribution in [2.45, 2.75) is 13.3 Å². The number of hydrogen-bond acceptors (Lipinski definition) is 2. The normalized spacial score (nSPS) is 10.1. The molecule has 15 heavy (non-hydrogen) atoms. The van der Waals surface area contributed by atoms with Gasteiger partial charge in [-0.15, -0.1) is 0 Å². The molecule has 3 heteroatoms. The average molecular weight is 226 g/mol. The smallest absolute Gasteiger partial charge is 0.141 e. The Morgan fingerprint density at radius 3 is 2.87 bits per heavy atom. The maximum absolute atomic E-state index is 6.05. The van der Waals surface area contributed by atoms with Crippen molar-refractivity contribution in [2.75, 3.05) is 13.2 Å². The number of hydrogen-bond donors (Lipinski definition) is 1. The van der Waals surface area contributed by atoms with E-state index in [9.17, 15) is 0 Å². The van der Waals surface area contributed by atoms with Gasteiger partial charge in [-0.05, 0) is 37.1 Å². The third kappa shape index (κ3) is 3.57. The van der Waals surface area contributed by atoms with E-state index in [4.69, 9.17) is 22.1 Å². The zero-order valence-electron chi connectivity index (χ0n) is 8.92. The molecule has 0 spiro atoms. The van der Waals surface area contributed by atoms with Crippen molar-refractivity contribution >= 4 is 11.6 Å². The predicted octanol–water partition coefficient (Wildman–Crippen LogP) is 2.80. The van der Waals surface area contributed by atoms with Crippen LogP contribution in [0.4, 0.5) is 0 Å². The van der Waals surface area contributed by atoms with Crippen LogP contribution < -0.4 is 10.5 Å². The minimum absolute atomic E-state index is 0.487. The van der Waals surface area contributed by atoms with E-state index in [1.807, 2.05) is 25.1 Å². The van der Waals surface area contributed by atoms with Gasteiger partial charge in [0.25, 0.3) is 0 Å². The lowest BCUT2D eigenvalue weighted by molar-refractivity contribution is 0.349. The van der Waals surface area contributed by atoms with Gasteiger partial charge in [0, 0.05) is 0 Å². The molecule has 2 nitrogen and oxygen atoms in total. The number of ether oxygens (including phenoxy) is 1. The quantitative estimate of drug-likeness (QED) is 0.783. The van der Waals surface area contributed by atoms with E-state index in [1.165, 1.54) is 0 Å². The fourth-order valence-electron chi connectivity index (χ4n) is 1.26. The lowest BCUT2D eigenvalue weighted by Gasteiger charge is -2.12. The molecule has 0 amide bonds. The second-order valence-electron chi connectivity index (χ2n) is 3.51. The fraction of sp³-hybridized carbons (Fsp3) is 0.333. The van der Waals surface area contributed by atoms with Gasteiger partial charge in [-0.1, -0.05) is 30.3 Å². The largest absolute Gasteiger partial charge is 0.487 e. The minimum atomic E-state index is 0.487. The van der Waals surface area contributed by atoms with Crippen molar-refractivity contribution in [3.8, 4) is 5.75 Å². The summed E-state index contributed by atoms with van der Waals surface area (Å²) >= 11 is 6.05. The summed E-state index contributed by atoms with van der Waals surface area (Å²) in [4.78, 5) is 0. The lowest BCUT2D eigenvalue weighted by atomic mass is 10.1. The molecule has 0 aromatic heterocycles. The summed E-state index contributed by atoms with van der Waals surface area (Å²) < 4.78 is 5.59. The molecule has 2 N–H and O–H groups in total. The summed E-state index contributed by atoms with van der Waals surface area (Å²) in [6.07, 6.45) is 0.770. The molecule has 1 rings (SSSR count). The van der Waals surface area contributed by atoms with Crippen molar-refractivity contribution in [2.24, 2.45) is 5.73 Å². The number of nitrogens with two attached hydrogens (primary N) is 1. The second kappa shape index (κ2) is 5.79. The number of benzene rings is 1. The van der Waals surface area contributed by atoms with Crippen molar-refractivity contribution in [3.05, 3.63) is 40.9 Å². The van der Waals surface area contributed by atoms with E-state index >= 15 is 0 Å². The molecule has 0 aliphatic heterocycles. The summed E-state index contributed by atoms with van der Waals surface area (Å²) in [6, 6.07) is 5.70. The molecule has 0 radical (unpaired) electrons. The third-order valence-electron chi connectivity index (χ3n) is 1.93. The highest BCUT2D eigenvalue weighted by atomic mass is 35.5. The van der Waals surface area contributed by atoms with E-state index in [0.29, 0.717) is 18.2 Å². The van der Waals surface area contributed by atoms with Crippen LogP contribution in [0, 0.1) is 0 Å². The van der Waals surface area contributed by atoms with Crippen LogP contribution in [0.2, 0.25) is 5.02 Å². The van der Waals surface area contributed by atoms with E-state index in [0.717, 1.165) is 23.3 Å². The van der Waals surface area contributed by atoms with Crippen LogP contribution in [0.3, 0.4) is 0 Å². The zero-order valence-corrected chi connectivity index (χ0v) is 9.68. The molecule has 0 fully saturated rings. The Kier molecular flexibility index (Phi) is 4.66. The maximum atomic E-state index is 6.05. The van der Waals surface area contributed by atoms with Crippen LogP contribution in [0.25, 0.3) is 0 Å². The maximum Gasteiger partial charge on any atom is 0.141 e. The molecule has 0 saturated heterocycles. The first-order valence-electron chi connectivity index (χ1n) is 4.89. The first-order valence-corrected chi connectivity index (χ1v) is 5.27.